The van der Waals surface area contributed by atoms with E-state index in [1.807, 2.05) is 107 Å². The minimum absolute atomic E-state index is 0.0119. The summed E-state index contributed by atoms with van der Waals surface area (Å²) in [5.41, 5.74) is 1.89. The molecule has 1 saturated carbocycles. The number of carbonyl (C=O) groups is 6. The fourth-order valence-corrected chi connectivity index (χ4v) is 13.2. The Balaban J connectivity index is 1.17. The summed E-state index contributed by atoms with van der Waals surface area (Å²) in [5, 5.41) is 26.0. The number of Topliss-reactive ketones (excluding diaryl/α,β-unsaturated/α-hetero) is 3. The lowest BCUT2D eigenvalue weighted by atomic mass is 9.78. The van der Waals surface area contributed by atoms with Gasteiger partial charge in [0.2, 0.25) is 5.79 Å². The third-order valence-electron chi connectivity index (χ3n) is 18.6. The van der Waals surface area contributed by atoms with E-state index >= 15 is 0 Å². The highest BCUT2D eigenvalue weighted by Crippen LogP contribution is 2.40. The maximum atomic E-state index is 14.8. The van der Waals surface area contributed by atoms with Crippen molar-refractivity contribution in [2.75, 3.05) is 32.9 Å². The lowest BCUT2D eigenvalue weighted by molar-refractivity contribution is -0.265. The van der Waals surface area contributed by atoms with Crippen molar-refractivity contribution in [1.82, 2.24) is 9.88 Å². The van der Waals surface area contributed by atoms with Crippen LogP contribution in [0.15, 0.2) is 90.2 Å². The van der Waals surface area contributed by atoms with Gasteiger partial charge in [0.05, 0.1) is 35.5 Å². The molecule has 17 atom stereocenters. The highest BCUT2D eigenvalue weighted by Gasteiger charge is 2.53. The number of hydroxylamine groups is 1. The topological polar surface area (TPSA) is 227 Å². The van der Waals surface area contributed by atoms with Crippen molar-refractivity contribution in [2.45, 2.75) is 212 Å². The number of esters is 2. The first-order valence-electron chi connectivity index (χ1n) is 30.8. The number of hydrogen-bond donors (Lipinski definition) is 2. The number of fused-ring (bicyclic) bond motifs is 16. The molecule has 0 radical (unpaired) electrons. The van der Waals surface area contributed by atoms with E-state index in [-0.39, 0.29) is 61.2 Å². The van der Waals surface area contributed by atoms with Crippen LogP contribution in [0.5, 0.6) is 0 Å². The van der Waals surface area contributed by atoms with Gasteiger partial charge in [-0.2, -0.15) is 0 Å². The quantitative estimate of drug-likeness (QED) is 0.122. The zero-order valence-electron chi connectivity index (χ0n) is 52.2. The third kappa shape index (κ3) is 16.6. The smallest absolute Gasteiger partial charge is 0.329 e. The van der Waals surface area contributed by atoms with E-state index in [0.29, 0.717) is 69.8 Å². The summed E-state index contributed by atoms with van der Waals surface area (Å²) >= 11 is 0. The van der Waals surface area contributed by atoms with Gasteiger partial charge in [-0.1, -0.05) is 77.1 Å². The number of para-hydroxylation sites is 1. The molecule has 2 N–H and O–H groups in total. The normalized spacial score (nSPS) is 34.8. The third-order valence-corrected chi connectivity index (χ3v) is 18.6. The predicted octanol–water partition coefficient (Wildman–Crippen LogP) is 9.03. The predicted molar refractivity (Wildman–Crippen MR) is 319 cm³/mol. The van der Waals surface area contributed by atoms with Crippen LogP contribution >= 0.6 is 0 Å². The molecule has 4 bridgehead atoms. The summed E-state index contributed by atoms with van der Waals surface area (Å²) in [6.07, 6.45) is 8.05. The zero-order valence-corrected chi connectivity index (χ0v) is 52.2. The number of carbonyl (C=O) groups excluding carboxylic acids is 6. The van der Waals surface area contributed by atoms with Gasteiger partial charge in [-0.25, -0.2) is 9.86 Å². The molecule has 18 nitrogen and oxygen atoms in total. The number of methoxy groups -OCH3 is 3. The second-order valence-corrected chi connectivity index (χ2v) is 25.7. The van der Waals surface area contributed by atoms with Crippen molar-refractivity contribution in [2.24, 2.45) is 40.9 Å². The van der Waals surface area contributed by atoms with Crippen molar-refractivity contribution < 1.29 is 72.2 Å². The molecule has 5 aliphatic heterocycles. The molecular formula is C67H95N3O15. The first-order valence-corrected chi connectivity index (χ1v) is 30.8. The summed E-state index contributed by atoms with van der Waals surface area (Å²) < 4.78 is 36.6. The highest BCUT2D eigenvalue weighted by molar-refractivity contribution is 6.39. The number of amides is 1. The molecule has 2 aromatic rings. The minimum Gasteiger partial charge on any atom is -0.460 e. The molecule has 85 heavy (non-hydrogen) atoms. The second-order valence-electron chi connectivity index (χ2n) is 25.7. The number of benzene rings is 1. The van der Waals surface area contributed by atoms with Gasteiger partial charge >= 0.3 is 11.9 Å². The van der Waals surface area contributed by atoms with E-state index in [2.05, 4.69) is 11.1 Å². The number of hydrogen-bond acceptors (Lipinski definition) is 17. The molecule has 3 fully saturated rings. The number of aromatic nitrogens is 1. The Kier molecular flexibility index (Phi) is 23.6. The number of pyridine rings is 1. The summed E-state index contributed by atoms with van der Waals surface area (Å²) in [7, 11) is 4.55. The Hall–Kier alpha value is -5.47. The van der Waals surface area contributed by atoms with Crippen LogP contribution in [-0.2, 0) is 68.4 Å². The van der Waals surface area contributed by atoms with Crippen LogP contribution in [-0.4, -0.2) is 150 Å². The van der Waals surface area contributed by atoms with E-state index in [1.165, 1.54) is 12.0 Å². The molecule has 18 heteroatoms. The molecule has 3 unspecified atom stereocenters. The molecule has 1 aliphatic carbocycles. The molecule has 1 aromatic heterocycles. The monoisotopic (exact) mass is 1180 g/mol. The van der Waals surface area contributed by atoms with Crippen molar-refractivity contribution in [3.63, 3.8) is 0 Å². The summed E-state index contributed by atoms with van der Waals surface area (Å²) in [4.78, 5) is 98.9. The zero-order chi connectivity index (χ0) is 61.9. The summed E-state index contributed by atoms with van der Waals surface area (Å²) in [5.74, 6) is -9.15. The van der Waals surface area contributed by atoms with Gasteiger partial charge in [-0.05, 0) is 151 Å². The molecule has 6 heterocycles. The SMILES string of the molecule is CO[C@H]1C[C@@H]2CC[C@@H](C)[C@@](O)(O2)C(=O)C(=O)N2CCCCC2C(=O)O[C@H]([C@H](C)C[C@@H]2CC[C@@H](OC(=O)C(C)(C)Cc3ccccn3)[C@H](OC)C2)CC(=O)[C@H](C)/C=C(\C)[C@@H](O)[C@@H](OC)C(=O)[C@H](C)C[C@H](C)C2C=CC(C=C1C)ON2c1ccccc1. The molecule has 1 amide bonds. The maximum Gasteiger partial charge on any atom is 0.329 e. The first-order chi connectivity index (χ1) is 40.4. The van der Waals surface area contributed by atoms with Crippen molar-refractivity contribution in [1.29, 1.82) is 0 Å². The maximum absolute atomic E-state index is 14.8. The van der Waals surface area contributed by atoms with E-state index < -0.39 is 107 Å². The highest BCUT2D eigenvalue weighted by atomic mass is 16.7. The summed E-state index contributed by atoms with van der Waals surface area (Å²) in [6.45, 7) is 16.4. The molecule has 6 aliphatic rings. The average molecular weight is 1180 g/mol. The van der Waals surface area contributed by atoms with E-state index in [9.17, 15) is 39.0 Å². The molecular weight excluding hydrogens is 1090 g/mol. The first kappa shape index (κ1) is 67.0. The number of anilines is 1. The van der Waals surface area contributed by atoms with Crippen LogP contribution in [0.2, 0.25) is 0 Å². The lowest BCUT2D eigenvalue weighted by Gasteiger charge is -2.43. The Morgan fingerprint density at radius 3 is 2.25 bits per heavy atom. The number of allylic oxidation sites excluding steroid dienone is 1. The standard InChI is InChI=1S/C67H95N3O15/c1-40-32-44(5)59(72)61(81-12)60(73)45(6)33-41(2)54(71)38-57(42(3)34-47-25-29-55(58(36-47)80-11)83-65(77)66(8,9)39-48-20-16-18-30-68-48)82-64(76)53-23-17-19-31-69(53)63(75)62(74)67(78)46(7)24-26-50(84-67)37-56(79-10)43(4)35-51-27-28-52(40)70(85-51)49-21-14-13-15-22-49/h13-16,18,20-22,27-28,30,33,35,40-42,44,46-47,50-53,55-58,60-61,73,78H,17,19,23-26,29,31-32,34,36-39H2,1-12H3/b43-35?,45-33+/t40-,41+,42+,44+,46+,47-,50-,51?,52?,53?,55+,56-,57-,58+,60+,61-,67+/m0/s1. The number of aliphatic hydroxyl groups is 2. The number of ketones is 3. The van der Waals surface area contributed by atoms with Crippen molar-refractivity contribution in [3.05, 3.63) is 95.9 Å². The summed E-state index contributed by atoms with van der Waals surface area (Å²) in [6, 6.07) is 13.8. The number of aliphatic hydroxyl groups excluding tert-OH is 1. The molecule has 1 aromatic carbocycles. The van der Waals surface area contributed by atoms with Crippen LogP contribution in [0, 0.1) is 40.9 Å². The fraction of sp³-hybridized carbons (Fsp3) is 0.657. The van der Waals surface area contributed by atoms with Gasteiger partial charge in [0, 0.05) is 76.8 Å². The van der Waals surface area contributed by atoms with E-state index in [1.54, 1.807) is 47.3 Å². The van der Waals surface area contributed by atoms with Crippen LogP contribution < -0.4 is 5.06 Å². The molecule has 2 saturated heterocycles. The minimum atomic E-state index is -2.50. The lowest BCUT2D eigenvalue weighted by Crippen LogP contribution is -2.61. The number of nitrogens with zero attached hydrogens (tertiary/aromatic N) is 3. The van der Waals surface area contributed by atoms with Crippen LogP contribution in [0.3, 0.4) is 0 Å². The average Bonchev–Trinajstić information content (AvgIpc) is 1.98. The molecule has 8 rings (SSSR count). The van der Waals surface area contributed by atoms with Crippen LogP contribution in [0.1, 0.15) is 145 Å². The van der Waals surface area contributed by atoms with Crippen LogP contribution in [0.4, 0.5) is 5.69 Å². The Morgan fingerprint density at radius 1 is 0.835 bits per heavy atom. The van der Waals surface area contributed by atoms with E-state index in [0.717, 1.165) is 17.0 Å². The van der Waals surface area contributed by atoms with E-state index in [4.69, 9.17) is 33.3 Å². The van der Waals surface area contributed by atoms with Crippen LogP contribution in [0.25, 0.3) is 0 Å². The van der Waals surface area contributed by atoms with Crippen molar-refractivity contribution in [3.8, 4) is 0 Å². The van der Waals surface area contributed by atoms with Gasteiger partial charge < -0.3 is 43.5 Å². The van der Waals surface area contributed by atoms with Gasteiger partial charge in [0.15, 0.2) is 5.78 Å². The van der Waals surface area contributed by atoms with Gasteiger partial charge in [-0.15, -0.1) is 0 Å². The van der Waals surface area contributed by atoms with Gasteiger partial charge in [-0.3, -0.25) is 33.8 Å². The Bertz CT molecular complexity index is 2700. The number of ether oxygens (including phenoxy) is 6. The second kappa shape index (κ2) is 30.0. The number of rotatable bonds is 11. The van der Waals surface area contributed by atoms with Gasteiger partial charge in [0.1, 0.15) is 42.3 Å². The van der Waals surface area contributed by atoms with Gasteiger partial charge in [0.25, 0.3) is 11.7 Å². The molecule has 0 spiro atoms. The van der Waals surface area contributed by atoms with Crippen molar-refractivity contribution >= 4 is 40.9 Å². The Morgan fingerprint density at radius 2 is 1.56 bits per heavy atom. The fourth-order valence-electron chi connectivity index (χ4n) is 13.2. The Labute approximate surface area is 503 Å². The largest absolute Gasteiger partial charge is 0.460 e. The molecule has 468 valence electrons. The number of piperidine rings is 1.